The fraction of sp³-hybridized carbons (Fsp3) is 0.267. The van der Waals surface area contributed by atoms with E-state index in [9.17, 15) is 0 Å². The number of aromatic nitrogens is 1. The van der Waals surface area contributed by atoms with Crippen molar-refractivity contribution in [3.63, 3.8) is 0 Å². The molecule has 1 N–H and O–H groups in total. The van der Waals surface area contributed by atoms with Crippen LogP contribution in [0.1, 0.15) is 24.2 Å². The van der Waals surface area contributed by atoms with E-state index in [1.165, 1.54) is 0 Å². The second-order valence-corrected chi connectivity index (χ2v) is 5.63. The van der Waals surface area contributed by atoms with Gasteiger partial charge in [-0.3, -0.25) is 4.98 Å². The van der Waals surface area contributed by atoms with E-state index in [0.29, 0.717) is 0 Å². The molecule has 0 saturated heterocycles. The Kier molecular flexibility index (Phi) is 5.37. The lowest BCUT2D eigenvalue weighted by Crippen LogP contribution is -2.24. The number of nitrogens with one attached hydrogen (secondary N) is 1. The standard InChI is InChI=1S/C15H16BrClN2/c1-2-18-15(14-8-7-12(16)10-19-14)9-11-5-3-4-6-13(11)17/h3-8,10,15,18H,2,9H2,1H3. The fourth-order valence-corrected chi connectivity index (χ4v) is 2.45. The molecule has 19 heavy (non-hydrogen) atoms. The molecule has 0 saturated carbocycles. The summed E-state index contributed by atoms with van der Waals surface area (Å²) >= 11 is 9.63. The molecule has 1 aromatic carbocycles. The summed E-state index contributed by atoms with van der Waals surface area (Å²) in [6.07, 6.45) is 2.66. The second kappa shape index (κ2) is 7.04. The first kappa shape index (κ1) is 14.5. The highest BCUT2D eigenvalue weighted by Gasteiger charge is 2.14. The maximum atomic E-state index is 6.23. The molecule has 0 fully saturated rings. The number of rotatable bonds is 5. The monoisotopic (exact) mass is 338 g/mol. The van der Waals surface area contributed by atoms with Gasteiger partial charge in [0.25, 0.3) is 0 Å². The van der Waals surface area contributed by atoms with Crippen molar-refractivity contribution < 1.29 is 0 Å². The predicted octanol–water partition coefficient (Wildman–Crippen LogP) is 4.39. The van der Waals surface area contributed by atoms with Crippen LogP contribution >= 0.6 is 27.5 Å². The number of pyridine rings is 1. The van der Waals surface area contributed by atoms with Crippen molar-refractivity contribution in [2.24, 2.45) is 0 Å². The summed E-state index contributed by atoms with van der Waals surface area (Å²) in [6.45, 7) is 2.99. The highest BCUT2D eigenvalue weighted by molar-refractivity contribution is 9.10. The largest absolute Gasteiger partial charge is 0.309 e. The fourth-order valence-electron chi connectivity index (χ4n) is 2.00. The van der Waals surface area contributed by atoms with Gasteiger partial charge in [-0.2, -0.15) is 0 Å². The van der Waals surface area contributed by atoms with E-state index in [1.807, 2.05) is 36.5 Å². The quantitative estimate of drug-likeness (QED) is 0.874. The first-order valence-corrected chi connectivity index (χ1v) is 7.46. The SMILES string of the molecule is CCNC(Cc1ccccc1Cl)c1ccc(Br)cn1. The van der Waals surface area contributed by atoms with Gasteiger partial charge in [0.05, 0.1) is 11.7 Å². The summed E-state index contributed by atoms with van der Waals surface area (Å²) < 4.78 is 0.990. The van der Waals surface area contributed by atoms with Gasteiger partial charge in [-0.15, -0.1) is 0 Å². The lowest BCUT2D eigenvalue weighted by Gasteiger charge is -2.18. The minimum Gasteiger partial charge on any atom is -0.309 e. The van der Waals surface area contributed by atoms with Crippen molar-refractivity contribution in [1.29, 1.82) is 0 Å². The second-order valence-electron chi connectivity index (χ2n) is 4.31. The molecule has 0 spiro atoms. The van der Waals surface area contributed by atoms with E-state index in [-0.39, 0.29) is 6.04 Å². The summed E-state index contributed by atoms with van der Waals surface area (Å²) in [4.78, 5) is 4.47. The molecule has 1 atom stereocenters. The molecule has 4 heteroatoms. The van der Waals surface area contributed by atoms with E-state index < -0.39 is 0 Å². The van der Waals surface area contributed by atoms with Crippen LogP contribution in [0.5, 0.6) is 0 Å². The molecule has 2 nitrogen and oxygen atoms in total. The summed E-state index contributed by atoms with van der Waals surface area (Å²) in [5.41, 5.74) is 2.17. The molecule has 0 radical (unpaired) electrons. The van der Waals surface area contributed by atoms with Crippen molar-refractivity contribution >= 4 is 27.5 Å². The molecule has 0 aliphatic carbocycles. The van der Waals surface area contributed by atoms with Crippen LogP contribution < -0.4 is 5.32 Å². The highest BCUT2D eigenvalue weighted by atomic mass is 79.9. The van der Waals surface area contributed by atoms with Crippen LogP contribution in [-0.2, 0) is 6.42 Å². The average molecular weight is 340 g/mol. The molecule has 0 aliphatic heterocycles. The van der Waals surface area contributed by atoms with Crippen molar-refractivity contribution in [1.82, 2.24) is 10.3 Å². The molecule has 0 aliphatic rings. The Labute approximate surface area is 127 Å². The molecule has 1 heterocycles. The minimum absolute atomic E-state index is 0.179. The predicted molar refractivity (Wildman–Crippen MR) is 83.5 cm³/mol. The van der Waals surface area contributed by atoms with Gasteiger partial charge in [0.15, 0.2) is 0 Å². The number of likely N-dealkylation sites (N-methyl/N-ethyl adjacent to an activating group) is 1. The highest BCUT2D eigenvalue weighted by Crippen LogP contribution is 2.23. The summed E-state index contributed by atoms with van der Waals surface area (Å²) in [7, 11) is 0. The Balaban J connectivity index is 2.21. The maximum absolute atomic E-state index is 6.23. The molecular weight excluding hydrogens is 324 g/mol. The molecule has 1 unspecified atom stereocenters. The third-order valence-corrected chi connectivity index (χ3v) is 3.78. The Bertz CT molecular complexity index is 528. The summed E-state index contributed by atoms with van der Waals surface area (Å²) in [5.74, 6) is 0. The Morgan fingerprint density at radius 1 is 1.26 bits per heavy atom. The number of hydrogen-bond acceptors (Lipinski definition) is 2. The summed E-state index contributed by atoms with van der Waals surface area (Å²) in [6, 6.07) is 12.2. The molecule has 1 aromatic heterocycles. The van der Waals surface area contributed by atoms with Gasteiger partial charge < -0.3 is 5.32 Å². The van der Waals surface area contributed by atoms with E-state index in [0.717, 1.165) is 33.7 Å². The Morgan fingerprint density at radius 2 is 2.05 bits per heavy atom. The Morgan fingerprint density at radius 3 is 2.68 bits per heavy atom. The molecule has 0 amide bonds. The first-order valence-electron chi connectivity index (χ1n) is 6.29. The molecule has 2 rings (SSSR count). The Hall–Kier alpha value is -0.900. The lowest BCUT2D eigenvalue weighted by atomic mass is 10.0. The van der Waals surface area contributed by atoms with Crippen molar-refractivity contribution in [3.8, 4) is 0 Å². The van der Waals surface area contributed by atoms with Gasteiger partial charge in [0.2, 0.25) is 0 Å². The van der Waals surface area contributed by atoms with Crippen molar-refractivity contribution in [2.45, 2.75) is 19.4 Å². The zero-order valence-corrected chi connectivity index (χ0v) is 13.1. The van der Waals surface area contributed by atoms with Crippen LogP contribution in [0.4, 0.5) is 0 Å². The zero-order valence-electron chi connectivity index (χ0n) is 10.7. The molecular formula is C15H16BrClN2. The van der Waals surface area contributed by atoms with Gasteiger partial charge in [-0.25, -0.2) is 0 Å². The number of hydrogen-bond donors (Lipinski definition) is 1. The third-order valence-electron chi connectivity index (χ3n) is 2.94. The molecule has 100 valence electrons. The minimum atomic E-state index is 0.179. The van der Waals surface area contributed by atoms with E-state index in [2.05, 4.69) is 39.2 Å². The van der Waals surface area contributed by atoms with Crippen LogP contribution in [0.15, 0.2) is 47.1 Å². The van der Waals surface area contributed by atoms with Crippen molar-refractivity contribution in [3.05, 3.63) is 63.3 Å². The normalized spacial score (nSPS) is 12.4. The zero-order chi connectivity index (χ0) is 13.7. The van der Waals surface area contributed by atoms with Crippen LogP contribution in [0.2, 0.25) is 5.02 Å². The smallest absolute Gasteiger partial charge is 0.0577 e. The number of benzene rings is 1. The van der Waals surface area contributed by atoms with Crippen LogP contribution in [0.25, 0.3) is 0 Å². The van der Waals surface area contributed by atoms with Gasteiger partial charge in [-0.05, 0) is 52.7 Å². The number of halogens is 2. The van der Waals surface area contributed by atoms with Gasteiger partial charge in [0.1, 0.15) is 0 Å². The van der Waals surface area contributed by atoms with E-state index in [4.69, 9.17) is 11.6 Å². The topological polar surface area (TPSA) is 24.9 Å². The molecule has 0 bridgehead atoms. The van der Waals surface area contributed by atoms with E-state index in [1.54, 1.807) is 0 Å². The average Bonchev–Trinajstić information content (AvgIpc) is 2.42. The summed E-state index contributed by atoms with van der Waals surface area (Å²) in [5, 5.41) is 4.27. The lowest BCUT2D eigenvalue weighted by molar-refractivity contribution is 0.536. The van der Waals surface area contributed by atoms with Gasteiger partial charge in [-0.1, -0.05) is 36.7 Å². The first-order chi connectivity index (χ1) is 9.20. The van der Waals surface area contributed by atoms with Crippen LogP contribution in [0.3, 0.4) is 0 Å². The third kappa shape index (κ3) is 4.03. The van der Waals surface area contributed by atoms with Crippen molar-refractivity contribution in [2.75, 3.05) is 6.54 Å². The maximum Gasteiger partial charge on any atom is 0.0577 e. The van der Waals surface area contributed by atoms with Gasteiger partial charge >= 0.3 is 0 Å². The van der Waals surface area contributed by atoms with Crippen LogP contribution in [-0.4, -0.2) is 11.5 Å². The van der Waals surface area contributed by atoms with Crippen LogP contribution in [0, 0.1) is 0 Å². The number of nitrogens with zero attached hydrogens (tertiary/aromatic N) is 1. The van der Waals surface area contributed by atoms with Gasteiger partial charge in [0, 0.05) is 15.7 Å². The molecule has 2 aromatic rings. The van der Waals surface area contributed by atoms with E-state index >= 15 is 0 Å².